The summed E-state index contributed by atoms with van der Waals surface area (Å²) >= 11 is 3.26. The normalized spacial score (nSPS) is 11.0. The number of carbonyl (C=O) groups is 1. The number of carboxylic acids is 1. The highest BCUT2D eigenvalue weighted by Gasteiger charge is 2.11. The van der Waals surface area contributed by atoms with Crippen LogP contribution in [0.15, 0.2) is 53.4 Å². The first-order chi connectivity index (χ1) is 12.2. The molecule has 0 unspecified atom stereocenters. The number of hydrogen-bond donors (Lipinski definition) is 2. The molecule has 0 radical (unpaired) electrons. The standard InChI is InChI=1S/C17H12N4O2S2/c22-17(23)11-3-1-10(2-4-11)14-12(5-6-24-14)7-25-16-13-15(19-8-18-13)20-9-21-16/h1-6,8-9H,7H2,(H,22,23)(H,18,19,20,21). The highest BCUT2D eigenvalue weighted by atomic mass is 32.2. The number of carboxylic acid groups (broad SMARTS) is 1. The summed E-state index contributed by atoms with van der Waals surface area (Å²) in [7, 11) is 0. The molecule has 0 saturated carbocycles. The van der Waals surface area contributed by atoms with Crippen LogP contribution in [-0.4, -0.2) is 31.0 Å². The van der Waals surface area contributed by atoms with Crippen molar-refractivity contribution >= 4 is 40.2 Å². The third kappa shape index (κ3) is 3.13. The monoisotopic (exact) mass is 368 g/mol. The lowest BCUT2D eigenvalue weighted by molar-refractivity contribution is 0.0697. The molecule has 0 fully saturated rings. The van der Waals surface area contributed by atoms with E-state index in [1.807, 2.05) is 17.5 Å². The van der Waals surface area contributed by atoms with Gasteiger partial charge in [0.25, 0.3) is 0 Å². The van der Waals surface area contributed by atoms with Crippen LogP contribution in [-0.2, 0) is 5.75 Å². The second-order valence-electron chi connectivity index (χ2n) is 5.23. The van der Waals surface area contributed by atoms with Gasteiger partial charge in [-0.3, -0.25) is 0 Å². The fourth-order valence-corrected chi connectivity index (χ4v) is 4.44. The maximum atomic E-state index is 11.0. The van der Waals surface area contributed by atoms with E-state index in [0.29, 0.717) is 11.2 Å². The van der Waals surface area contributed by atoms with Gasteiger partial charge in [0.1, 0.15) is 16.9 Å². The summed E-state index contributed by atoms with van der Waals surface area (Å²) in [5.41, 5.74) is 4.00. The second kappa shape index (κ2) is 6.66. The summed E-state index contributed by atoms with van der Waals surface area (Å²) in [6.07, 6.45) is 3.13. The smallest absolute Gasteiger partial charge is 0.335 e. The number of aromatic amines is 1. The van der Waals surface area contributed by atoms with Crippen LogP contribution in [0.2, 0.25) is 0 Å². The molecule has 0 amide bonds. The number of thioether (sulfide) groups is 1. The van der Waals surface area contributed by atoms with Crippen LogP contribution in [0.1, 0.15) is 15.9 Å². The molecule has 0 bridgehead atoms. The van der Waals surface area contributed by atoms with Gasteiger partial charge in [0.15, 0.2) is 5.65 Å². The van der Waals surface area contributed by atoms with Crippen LogP contribution in [0, 0.1) is 0 Å². The number of aromatic carboxylic acids is 1. The first-order valence-corrected chi connectivity index (χ1v) is 9.26. The molecule has 0 atom stereocenters. The summed E-state index contributed by atoms with van der Waals surface area (Å²) in [6, 6.07) is 9.05. The Kier molecular flexibility index (Phi) is 4.21. The van der Waals surface area contributed by atoms with Crippen molar-refractivity contribution in [3.63, 3.8) is 0 Å². The molecular weight excluding hydrogens is 356 g/mol. The molecule has 4 rings (SSSR count). The van der Waals surface area contributed by atoms with Crippen LogP contribution in [0.3, 0.4) is 0 Å². The summed E-state index contributed by atoms with van der Waals surface area (Å²) in [4.78, 5) is 27.8. The molecule has 0 spiro atoms. The number of nitrogens with one attached hydrogen (secondary N) is 1. The number of benzene rings is 1. The predicted molar refractivity (Wildman–Crippen MR) is 98.0 cm³/mol. The zero-order valence-electron chi connectivity index (χ0n) is 12.8. The van der Waals surface area contributed by atoms with E-state index in [1.54, 1.807) is 41.6 Å². The van der Waals surface area contributed by atoms with Crippen molar-refractivity contribution in [2.75, 3.05) is 0 Å². The molecule has 6 nitrogen and oxygen atoms in total. The van der Waals surface area contributed by atoms with Gasteiger partial charge in [0.2, 0.25) is 0 Å². The Morgan fingerprint density at radius 2 is 2.00 bits per heavy atom. The number of aromatic nitrogens is 4. The molecule has 0 saturated heterocycles. The average Bonchev–Trinajstić information content (AvgIpc) is 3.29. The van der Waals surface area contributed by atoms with E-state index in [4.69, 9.17) is 5.11 Å². The van der Waals surface area contributed by atoms with Gasteiger partial charge in [-0.1, -0.05) is 23.9 Å². The van der Waals surface area contributed by atoms with Crippen molar-refractivity contribution in [3.8, 4) is 10.4 Å². The predicted octanol–water partition coefficient (Wildman–Crippen LogP) is 4.07. The van der Waals surface area contributed by atoms with Crippen molar-refractivity contribution in [1.29, 1.82) is 0 Å². The Morgan fingerprint density at radius 1 is 1.16 bits per heavy atom. The summed E-state index contributed by atoms with van der Waals surface area (Å²) in [5.74, 6) is -0.161. The molecule has 1 aromatic carbocycles. The van der Waals surface area contributed by atoms with Crippen molar-refractivity contribution in [2.45, 2.75) is 10.8 Å². The van der Waals surface area contributed by atoms with Crippen LogP contribution in [0.5, 0.6) is 0 Å². The Balaban J connectivity index is 1.57. The molecule has 3 heterocycles. The molecule has 0 aliphatic rings. The molecule has 0 aliphatic carbocycles. The minimum atomic E-state index is -0.916. The van der Waals surface area contributed by atoms with Crippen molar-refractivity contribution in [2.24, 2.45) is 0 Å². The summed E-state index contributed by atoms with van der Waals surface area (Å²) in [5, 5.41) is 11.9. The first kappa shape index (κ1) is 15.8. The van der Waals surface area contributed by atoms with Gasteiger partial charge in [-0.15, -0.1) is 11.3 Å². The van der Waals surface area contributed by atoms with Gasteiger partial charge in [-0.25, -0.2) is 19.7 Å². The Hall–Kier alpha value is -2.71. The third-order valence-corrected chi connectivity index (χ3v) is 5.74. The van der Waals surface area contributed by atoms with Crippen LogP contribution >= 0.6 is 23.1 Å². The highest BCUT2D eigenvalue weighted by Crippen LogP contribution is 2.34. The van der Waals surface area contributed by atoms with Crippen molar-refractivity contribution in [3.05, 3.63) is 59.5 Å². The summed E-state index contributed by atoms with van der Waals surface area (Å²) < 4.78 is 0. The van der Waals surface area contributed by atoms with Gasteiger partial charge in [0.05, 0.1) is 11.9 Å². The number of imidazole rings is 1. The quantitative estimate of drug-likeness (QED) is 0.407. The minimum absolute atomic E-state index is 0.291. The van der Waals surface area contributed by atoms with E-state index in [2.05, 4.69) is 26.0 Å². The zero-order valence-corrected chi connectivity index (χ0v) is 14.5. The van der Waals surface area contributed by atoms with Gasteiger partial charge in [-0.05, 0) is 34.7 Å². The lowest BCUT2D eigenvalue weighted by Gasteiger charge is -2.05. The van der Waals surface area contributed by atoms with E-state index < -0.39 is 5.97 Å². The lowest BCUT2D eigenvalue weighted by atomic mass is 10.1. The SMILES string of the molecule is O=C(O)c1ccc(-c2sccc2CSc2ncnc3nc[nH]c23)cc1. The fourth-order valence-electron chi connectivity index (χ4n) is 2.47. The van der Waals surface area contributed by atoms with Gasteiger partial charge >= 0.3 is 5.97 Å². The largest absolute Gasteiger partial charge is 0.478 e. The molecule has 2 N–H and O–H groups in total. The first-order valence-electron chi connectivity index (χ1n) is 7.39. The second-order valence-corrected chi connectivity index (χ2v) is 7.11. The van der Waals surface area contributed by atoms with E-state index in [-0.39, 0.29) is 0 Å². The van der Waals surface area contributed by atoms with Crippen LogP contribution in [0.4, 0.5) is 0 Å². The average molecular weight is 368 g/mol. The Bertz CT molecular complexity index is 1040. The zero-order chi connectivity index (χ0) is 17.2. The number of nitrogens with zero attached hydrogens (tertiary/aromatic N) is 3. The third-order valence-electron chi connectivity index (χ3n) is 3.69. The molecular formula is C17H12N4O2S2. The summed E-state index contributed by atoms with van der Waals surface area (Å²) in [6.45, 7) is 0. The Morgan fingerprint density at radius 3 is 2.80 bits per heavy atom. The van der Waals surface area contributed by atoms with Gasteiger partial charge in [0, 0.05) is 10.6 Å². The van der Waals surface area contributed by atoms with E-state index in [9.17, 15) is 4.79 Å². The fraction of sp³-hybridized carbons (Fsp3) is 0.0588. The lowest BCUT2D eigenvalue weighted by Crippen LogP contribution is -1.95. The maximum absolute atomic E-state index is 11.0. The molecule has 8 heteroatoms. The van der Waals surface area contributed by atoms with Crippen LogP contribution < -0.4 is 0 Å². The molecule has 0 aliphatic heterocycles. The van der Waals surface area contributed by atoms with Gasteiger partial charge in [-0.2, -0.15) is 0 Å². The van der Waals surface area contributed by atoms with E-state index in [1.165, 1.54) is 11.9 Å². The molecule has 25 heavy (non-hydrogen) atoms. The molecule has 3 aromatic heterocycles. The van der Waals surface area contributed by atoms with Crippen LogP contribution in [0.25, 0.3) is 21.6 Å². The molecule has 124 valence electrons. The number of thiophene rings is 1. The van der Waals surface area contributed by atoms with E-state index >= 15 is 0 Å². The number of H-pyrrole nitrogens is 1. The Labute approximate surface area is 151 Å². The highest BCUT2D eigenvalue weighted by molar-refractivity contribution is 7.98. The minimum Gasteiger partial charge on any atom is -0.478 e. The van der Waals surface area contributed by atoms with Crippen molar-refractivity contribution < 1.29 is 9.90 Å². The van der Waals surface area contributed by atoms with Gasteiger partial charge < -0.3 is 10.1 Å². The number of hydrogen-bond acceptors (Lipinski definition) is 6. The van der Waals surface area contributed by atoms with Crippen molar-refractivity contribution in [1.82, 2.24) is 19.9 Å². The molecule has 4 aromatic rings. The van der Waals surface area contributed by atoms with E-state index in [0.717, 1.165) is 26.7 Å². The maximum Gasteiger partial charge on any atom is 0.335 e. The number of rotatable bonds is 5. The topological polar surface area (TPSA) is 91.8 Å². The number of fused-ring (bicyclic) bond motifs is 1.